The van der Waals surface area contributed by atoms with Gasteiger partial charge in [-0.1, -0.05) is 12.1 Å². The standard InChI is InChI=1S/C18H14O6/c1-9(19)12-6-7-14-16(17(12)21)13(8-15(20)24-14)10-2-4-11(5-3-10)18(22)23/h2-7,13,21H,8H2,1H3,(H,22,23)/t13-/m1/s1. The molecule has 0 fully saturated rings. The van der Waals surface area contributed by atoms with Gasteiger partial charge in [0.15, 0.2) is 5.78 Å². The number of benzene rings is 2. The molecular weight excluding hydrogens is 312 g/mol. The van der Waals surface area contributed by atoms with Crippen LogP contribution >= 0.6 is 0 Å². The summed E-state index contributed by atoms with van der Waals surface area (Å²) in [5.41, 5.74) is 1.30. The number of carbonyl (C=O) groups excluding carboxylic acids is 2. The summed E-state index contributed by atoms with van der Waals surface area (Å²) < 4.78 is 5.16. The molecule has 1 heterocycles. The number of carbonyl (C=O) groups is 3. The lowest BCUT2D eigenvalue weighted by atomic mass is 9.84. The van der Waals surface area contributed by atoms with Crippen LogP contribution in [0.5, 0.6) is 11.5 Å². The van der Waals surface area contributed by atoms with Crippen LogP contribution in [0, 0.1) is 0 Å². The predicted molar refractivity (Wildman–Crippen MR) is 83.6 cm³/mol. The number of fused-ring (bicyclic) bond motifs is 1. The Labute approximate surface area is 137 Å². The number of ether oxygens (including phenoxy) is 1. The molecule has 1 atom stereocenters. The van der Waals surface area contributed by atoms with E-state index in [9.17, 15) is 19.5 Å². The maximum absolute atomic E-state index is 11.8. The van der Waals surface area contributed by atoms with Crippen LogP contribution in [0.1, 0.15) is 51.1 Å². The third kappa shape index (κ3) is 2.62. The van der Waals surface area contributed by atoms with Crippen LogP contribution in [0.15, 0.2) is 36.4 Å². The first-order valence-corrected chi connectivity index (χ1v) is 7.29. The van der Waals surface area contributed by atoms with Crippen LogP contribution < -0.4 is 4.74 Å². The molecular formula is C18H14O6. The molecule has 0 aliphatic carbocycles. The van der Waals surface area contributed by atoms with Crippen molar-refractivity contribution in [2.24, 2.45) is 0 Å². The van der Waals surface area contributed by atoms with Crippen molar-refractivity contribution in [2.45, 2.75) is 19.3 Å². The van der Waals surface area contributed by atoms with Crippen molar-refractivity contribution < 1.29 is 29.3 Å². The summed E-state index contributed by atoms with van der Waals surface area (Å²) in [7, 11) is 0. The SMILES string of the molecule is CC(=O)c1ccc2c(c1O)[C@@H](c1ccc(C(=O)O)cc1)CC(=O)O2. The number of carboxylic acids is 1. The number of phenols is 1. The first-order valence-electron chi connectivity index (χ1n) is 7.29. The Bertz CT molecular complexity index is 851. The Balaban J connectivity index is 2.13. The van der Waals surface area contributed by atoms with E-state index in [-0.39, 0.29) is 34.8 Å². The Morgan fingerprint density at radius 2 is 1.79 bits per heavy atom. The summed E-state index contributed by atoms with van der Waals surface area (Å²) >= 11 is 0. The van der Waals surface area contributed by atoms with Crippen molar-refractivity contribution in [1.29, 1.82) is 0 Å². The Hall–Kier alpha value is -3.15. The number of hydrogen-bond donors (Lipinski definition) is 2. The molecule has 3 rings (SSSR count). The van der Waals surface area contributed by atoms with Crippen LogP contribution in [0.3, 0.4) is 0 Å². The zero-order chi connectivity index (χ0) is 17.4. The smallest absolute Gasteiger partial charge is 0.335 e. The third-order valence-electron chi connectivity index (χ3n) is 4.06. The van der Waals surface area contributed by atoms with E-state index >= 15 is 0 Å². The van der Waals surface area contributed by atoms with Crippen LogP contribution in [0.25, 0.3) is 0 Å². The molecule has 122 valence electrons. The van der Waals surface area contributed by atoms with Crippen molar-refractivity contribution in [3.63, 3.8) is 0 Å². The van der Waals surface area contributed by atoms with Gasteiger partial charge in [0.1, 0.15) is 11.5 Å². The summed E-state index contributed by atoms with van der Waals surface area (Å²) in [6, 6.07) is 8.96. The first-order chi connectivity index (χ1) is 11.4. The summed E-state index contributed by atoms with van der Waals surface area (Å²) in [5, 5.41) is 19.4. The highest BCUT2D eigenvalue weighted by atomic mass is 16.5. The van der Waals surface area contributed by atoms with Gasteiger partial charge < -0.3 is 14.9 Å². The number of Topliss-reactive ketones (excluding diaryl/α,β-unsaturated/α-hetero) is 1. The topological polar surface area (TPSA) is 101 Å². The fourth-order valence-corrected chi connectivity index (χ4v) is 2.87. The Morgan fingerprint density at radius 1 is 1.12 bits per heavy atom. The molecule has 24 heavy (non-hydrogen) atoms. The van der Waals surface area contributed by atoms with Gasteiger partial charge in [-0.2, -0.15) is 0 Å². The van der Waals surface area contributed by atoms with Crippen LogP contribution in [-0.4, -0.2) is 27.9 Å². The van der Waals surface area contributed by atoms with Crippen molar-refractivity contribution in [3.05, 3.63) is 58.7 Å². The minimum absolute atomic E-state index is 0.00562. The molecule has 6 heteroatoms. The molecule has 0 radical (unpaired) electrons. The van der Waals surface area contributed by atoms with Gasteiger partial charge in [-0.25, -0.2) is 4.79 Å². The Kier molecular flexibility index (Phi) is 3.81. The normalized spacial score (nSPS) is 16.2. The maximum Gasteiger partial charge on any atom is 0.335 e. The molecule has 0 saturated heterocycles. The van der Waals surface area contributed by atoms with E-state index in [1.54, 1.807) is 12.1 Å². The van der Waals surface area contributed by atoms with Gasteiger partial charge in [-0.05, 0) is 36.8 Å². The van der Waals surface area contributed by atoms with Crippen LogP contribution in [0.4, 0.5) is 0 Å². The van der Waals surface area contributed by atoms with E-state index in [2.05, 4.69) is 0 Å². The van der Waals surface area contributed by atoms with Crippen molar-refractivity contribution >= 4 is 17.7 Å². The fourth-order valence-electron chi connectivity index (χ4n) is 2.87. The minimum Gasteiger partial charge on any atom is -0.507 e. The molecule has 2 N–H and O–H groups in total. The number of aromatic hydroxyl groups is 1. The van der Waals surface area contributed by atoms with Gasteiger partial charge in [0.05, 0.1) is 17.5 Å². The zero-order valence-corrected chi connectivity index (χ0v) is 12.8. The number of esters is 1. The van der Waals surface area contributed by atoms with Gasteiger partial charge in [0.25, 0.3) is 0 Å². The molecule has 0 saturated carbocycles. The number of hydrogen-bond acceptors (Lipinski definition) is 5. The molecule has 1 aliphatic rings. The second-order valence-corrected chi connectivity index (χ2v) is 5.59. The maximum atomic E-state index is 11.8. The number of phenolic OH excluding ortho intramolecular Hbond substituents is 1. The largest absolute Gasteiger partial charge is 0.507 e. The van der Waals surface area contributed by atoms with Gasteiger partial charge in [0.2, 0.25) is 0 Å². The lowest BCUT2D eigenvalue weighted by Gasteiger charge is -2.26. The summed E-state index contributed by atoms with van der Waals surface area (Å²) in [6.45, 7) is 1.34. The van der Waals surface area contributed by atoms with E-state index in [1.807, 2.05) is 0 Å². The molecule has 6 nitrogen and oxygen atoms in total. The first kappa shape index (κ1) is 15.7. The van der Waals surface area contributed by atoms with Crippen molar-refractivity contribution in [3.8, 4) is 11.5 Å². The lowest BCUT2D eigenvalue weighted by Crippen LogP contribution is -2.21. The molecule has 2 aromatic rings. The quantitative estimate of drug-likeness (QED) is 0.511. The average molecular weight is 326 g/mol. The second kappa shape index (κ2) is 5.81. The van der Waals surface area contributed by atoms with Gasteiger partial charge >= 0.3 is 11.9 Å². The molecule has 0 bridgehead atoms. The molecule has 0 amide bonds. The molecule has 0 spiro atoms. The summed E-state index contributed by atoms with van der Waals surface area (Å²) in [6.07, 6.45) is -0.00562. The van der Waals surface area contributed by atoms with E-state index in [0.29, 0.717) is 11.1 Å². The Morgan fingerprint density at radius 3 is 2.38 bits per heavy atom. The van der Waals surface area contributed by atoms with E-state index < -0.39 is 17.9 Å². The zero-order valence-electron chi connectivity index (χ0n) is 12.8. The minimum atomic E-state index is -1.05. The molecule has 2 aromatic carbocycles. The predicted octanol–water partition coefficient (Wildman–Crippen LogP) is 2.73. The highest BCUT2D eigenvalue weighted by Crippen LogP contribution is 2.45. The highest BCUT2D eigenvalue weighted by molar-refractivity contribution is 5.98. The molecule has 1 aliphatic heterocycles. The van der Waals surface area contributed by atoms with Gasteiger partial charge in [-0.15, -0.1) is 0 Å². The van der Waals surface area contributed by atoms with Crippen molar-refractivity contribution in [1.82, 2.24) is 0 Å². The highest BCUT2D eigenvalue weighted by Gasteiger charge is 2.32. The number of rotatable bonds is 3. The number of aromatic carboxylic acids is 1. The van der Waals surface area contributed by atoms with E-state index in [4.69, 9.17) is 9.84 Å². The molecule has 0 unspecified atom stereocenters. The second-order valence-electron chi connectivity index (χ2n) is 5.59. The van der Waals surface area contributed by atoms with Crippen molar-refractivity contribution in [2.75, 3.05) is 0 Å². The van der Waals surface area contributed by atoms with E-state index in [1.165, 1.54) is 31.2 Å². The third-order valence-corrected chi connectivity index (χ3v) is 4.06. The average Bonchev–Trinajstić information content (AvgIpc) is 2.54. The monoisotopic (exact) mass is 326 g/mol. The van der Waals surface area contributed by atoms with Crippen LogP contribution in [-0.2, 0) is 4.79 Å². The summed E-state index contributed by atoms with van der Waals surface area (Å²) in [4.78, 5) is 34.5. The lowest BCUT2D eigenvalue weighted by molar-refractivity contribution is -0.135. The van der Waals surface area contributed by atoms with Gasteiger partial charge in [0, 0.05) is 11.5 Å². The summed E-state index contributed by atoms with van der Waals surface area (Å²) in [5.74, 6) is -2.31. The number of ketones is 1. The number of carboxylic acid groups (broad SMARTS) is 1. The van der Waals surface area contributed by atoms with Gasteiger partial charge in [-0.3, -0.25) is 9.59 Å². The fraction of sp³-hybridized carbons (Fsp3) is 0.167. The van der Waals surface area contributed by atoms with Crippen LogP contribution in [0.2, 0.25) is 0 Å². The molecule has 0 aromatic heterocycles. The van der Waals surface area contributed by atoms with E-state index in [0.717, 1.165) is 0 Å².